The van der Waals surface area contributed by atoms with Crippen molar-refractivity contribution in [2.75, 3.05) is 43.6 Å². The maximum atomic E-state index is 12.8. The molecule has 5 nitrogen and oxygen atoms in total. The van der Waals surface area contributed by atoms with Crippen LogP contribution >= 0.6 is 11.6 Å². The van der Waals surface area contributed by atoms with Crippen LogP contribution in [0.4, 0.5) is 11.4 Å². The van der Waals surface area contributed by atoms with Crippen molar-refractivity contribution in [1.29, 1.82) is 0 Å². The molecule has 150 valence electrons. The number of benzene rings is 2. The Morgan fingerprint density at radius 1 is 1.25 bits per heavy atom. The van der Waals surface area contributed by atoms with Crippen LogP contribution < -0.4 is 10.2 Å². The van der Waals surface area contributed by atoms with Gasteiger partial charge in [0.1, 0.15) is 0 Å². The Labute approximate surface area is 172 Å². The van der Waals surface area contributed by atoms with E-state index in [1.165, 1.54) is 11.3 Å². The van der Waals surface area contributed by atoms with Gasteiger partial charge in [-0.25, -0.2) is 0 Å². The van der Waals surface area contributed by atoms with Crippen LogP contribution in [0.2, 0.25) is 5.02 Å². The highest BCUT2D eigenvalue weighted by atomic mass is 35.5. The largest absolute Gasteiger partial charge is 0.378 e. The van der Waals surface area contributed by atoms with Gasteiger partial charge in [-0.15, -0.1) is 0 Å². The first-order chi connectivity index (χ1) is 13.5. The Morgan fingerprint density at radius 3 is 2.71 bits per heavy atom. The van der Waals surface area contributed by atoms with E-state index in [0.29, 0.717) is 11.6 Å². The minimum atomic E-state index is -0.281. The summed E-state index contributed by atoms with van der Waals surface area (Å²) in [6, 6.07) is 13.6. The zero-order valence-electron chi connectivity index (χ0n) is 16.7. The fourth-order valence-corrected chi connectivity index (χ4v) is 3.50. The lowest BCUT2D eigenvalue weighted by atomic mass is 10.1. The Morgan fingerprint density at radius 2 is 1.96 bits per heavy atom. The SMILES string of the molecule is Cc1ccc(Cl)cc1NC(=O)[C@@H](C)N(C)Cc1ccccc1N1CCOCC1. The summed E-state index contributed by atoms with van der Waals surface area (Å²) in [4.78, 5) is 17.2. The first-order valence-electron chi connectivity index (χ1n) is 9.63. The average Bonchev–Trinajstić information content (AvgIpc) is 2.71. The molecule has 3 rings (SSSR count). The zero-order chi connectivity index (χ0) is 20.1. The van der Waals surface area contributed by atoms with E-state index < -0.39 is 0 Å². The number of amides is 1. The number of hydrogen-bond acceptors (Lipinski definition) is 4. The third kappa shape index (κ3) is 5.04. The summed E-state index contributed by atoms with van der Waals surface area (Å²) in [5, 5.41) is 3.62. The van der Waals surface area contributed by atoms with Gasteiger partial charge < -0.3 is 15.0 Å². The molecule has 28 heavy (non-hydrogen) atoms. The summed E-state index contributed by atoms with van der Waals surface area (Å²) in [6.07, 6.45) is 0. The predicted molar refractivity (Wildman–Crippen MR) is 115 cm³/mol. The topological polar surface area (TPSA) is 44.8 Å². The van der Waals surface area contributed by atoms with Crippen LogP contribution in [-0.4, -0.2) is 50.2 Å². The molecule has 2 aromatic rings. The highest BCUT2D eigenvalue weighted by molar-refractivity contribution is 6.31. The van der Waals surface area contributed by atoms with Crippen molar-refractivity contribution in [2.24, 2.45) is 0 Å². The summed E-state index contributed by atoms with van der Waals surface area (Å²) in [7, 11) is 1.98. The number of carbonyl (C=O) groups is 1. The van der Waals surface area contributed by atoms with Gasteiger partial charge in [0.25, 0.3) is 0 Å². The number of ether oxygens (including phenoxy) is 1. The lowest BCUT2D eigenvalue weighted by Crippen LogP contribution is -2.40. The Balaban J connectivity index is 1.68. The van der Waals surface area contributed by atoms with E-state index in [4.69, 9.17) is 16.3 Å². The molecule has 0 aromatic heterocycles. The Kier molecular flexibility index (Phi) is 6.94. The molecule has 1 fully saturated rings. The lowest BCUT2D eigenvalue weighted by Gasteiger charge is -2.32. The standard InChI is InChI=1S/C22H28ClN3O2/c1-16-8-9-19(23)14-20(16)24-22(27)17(2)25(3)15-18-6-4-5-7-21(18)26-10-12-28-13-11-26/h4-9,14,17H,10-13,15H2,1-3H3,(H,24,27)/t17-/m1/s1. The van der Waals surface area contributed by atoms with E-state index in [1.807, 2.05) is 39.1 Å². The van der Waals surface area contributed by atoms with Crippen LogP contribution in [-0.2, 0) is 16.1 Å². The van der Waals surface area contributed by atoms with Crippen molar-refractivity contribution in [3.63, 3.8) is 0 Å². The third-order valence-electron chi connectivity index (χ3n) is 5.26. The Bertz CT molecular complexity index is 821. The molecule has 1 heterocycles. The van der Waals surface area contributed by atoms with Crippen molar-refractivity contribution >= 4 is 28.9 Å². The van der Waals surface area contributed by atoms with Gasteiger partial charge in [0.2, 0.25) is 5.91 Å². The second kappa shape index (κ2) is 9.41. The third-order valence-corrected chi connectivity index (χ3v) is 5.50. The van der Waals surface area contributed by atoms with E-state index in [9.17, 15) is 4.79 Å². The fourth-order valence-electron chi connectivity index (χ4n) is 3.33. The number of rotatable bonds is 6. The first-order valence-corrected chi connectivity index (χ1v) is 10.0. The number of hydrogen-bond donors (Lipinski definition) is 1. The van der Waals surface area contributed by atoms with Crippen molar-refractivity contribution in [3.8, 4) is 0 Å². The molecular formula is C22H28ClN3O2. The molecule has 0 spiro atoms. The van der Waals surface area contributed by atoms with Crippen molar-refractivity contribution in [3.05, 3.63) is 58.6 Å². The molecule has 1 aliphatic heterocycles. The zero-order valence-corrected chi connectivity index (χ0v) is 17.5. The van der Waals surface area contributed by atoms with Crippen LogP contribution in [0.1, 0.15) is 18.1 Å². The minimum Gasteiger partial charge on any atom is -0.378 e. The summed E-state index contributed by atoms with van der Waals surface area (Å²) >= 11 is 6.07. The van der Waals surface area contributed by atoms with Gasteiger partial charge in [-0.1, -0.05) is 35.9 Å². The van der Waals surface area contributed by atoms with E-state index in [-0.39, 0.29) is 11.9 Å². The van der Waals surface area contributed by atoms with E-state index in [0.717, 1.165) is 37.6 Å². The summed E-state index contributed by atoms with van der Waals surface area (Å²) in [5.74, 6) is -0.0447. The second-order valence-electron chi connectivity index (χ2n) is 7.27. The summed E-state index contributed by atoms with van der Waals surface area (Å²) < 4.78 is 5.47. The molecule has 0 radical (unpaired) electrons. The smallest absolute Gasteiger partial charge is 0.241 e. The molecule has 0 aliphatic carbocycles. The number of aryl methyl sites for hydroxylation is 1. The normalized spacial score (nSPS) is 15.5. The molecule has 1 saturated heterocycles. The summed E-state index contributed by atoms with van der Waals surface area (Å²) in [5.41, 5.74) is 4.18. The van der Waals surface area contributed by atoms with E-state index >= 15 is 0 Å². The molecule has 1 atom stereocenters. The maximum Gasteiger partial charge on any atom is 0.241 e. The quantitative estimate of drug-likeness (QED) is 0.796. The van der Waals surface area contributed by atoms with Crippen LogP contribution in [0.15, 0.2) is 42.5 Å². The monoisotopic (exact) mass is 401 g/mol. The second-order valence-corrected chi connectivity index (χ2v) is 7.70. The molecule has 1 amide bonds. The molecular weight excluding hydrogens is 374 g/mol. The molecule has 1 N–H and O–H groups in total. The number of nitrogens with zero attached hydrogens (tertiary/aromatic N) is 2. The Hall–Kier alpha value is -2.08. The number of likely N-dealkylation sites (N-methyl/N-ethyl adjacent to an activating group) is 1. The van der Waals surface area contributed by atoms with Crippen molar-refractivity contribution in [1.82, 2.24) is 4.90 Å². The van der Waals surface area contributed by atoms with Crippen LogP contribution in [0.3, 0.4) is 0 Å². The molecule has 0 saturated carbocycles. The van der Waals surface area contributed by atoms with Gasteiger partial charge in [0.05, 0.1) is 19.3 Å². The highest BCUT2D eigenvalue weighted by Gasteiger charge is 2.21. The number of halogens is 1. The van der Waals surface area contributed by atoms with Crippen molar-refractivity contribution in [2.45, 2.75) is 26.4 Å². The number of morpholine rings is 1. The van der Waals surface area contributed by atoms with Gasteiger partial charge in [0.15, 0.2) is 0 Å². The molecule has 2 aromatic carbocycles. The minimum absolute atomic E-state index is 0.0447. The van der Waals surface area contributed by atoms with Crippen LogP contribution in [0, 0.1) is 6.92 Å². The maximum absolute atomic E-state index is 12.8. The molecule has 6 heteroatoms. The molecule has 1 aliphatic rings. The first kappa shape index (κ1) is 20.6. The number of para-hydroxylation sites is 1. The van der Waals surface area contributed by atoms with Gasteiger partial charge in [-0.05, 0) is 50.2 Å². The number of nitrogens with one attached hydrogen (secondary N) is 1. The number of carbonyl (C=O) groups excluding carboxylic acids is 1. The number of anilines is 2. The van der Waals surface area contributed by atoms with Gasteiger partial charge in [-0.3, -0.25) is 9.69 Å². The molecule has 0 bridgehead atoms. The fraction of sp³-hybridized carbons (Fsp3) is 0.409. The van der Waals surface area contributed by atoms with Gasteiger partial charge in [-0.2, -0.15) is 0 Å². The predicted octanol–water partition coefficient (Wildman–Crippen LogP) is 3.94. The van der Waals surface area contributed by atoms with Gasteiger partial charge in [0, 0.05) is 36.0 Å². The average molecular weight is 402 g/mol. The van der Waals surface area contributed by atoms with Gasteiger partial charge >= 0.3 is 0 Å². The summed E-state index contributed by atoms with van der Waals surface area (Å²) in [6.45, 7) is 7.86. The highest BCUT2D eigenvalue weighted by Crippen LogP contribution is 2.24. The molecule has 0 unspecified atom stereocenters. The van der Waals surface area contributed by atoms with Crippen LogP contribution in [0.5, 0.6) is 0 Å². The van der Waals surface area contributed by atoms with Crippen LogP contribution in [0.25, 0.3) is 0 Å². The van der Waals surface area contributed by atoms with E-state index in [1.54, 1.807) is 6.07 Å². The lowest BCUT2D eigenvalue weighted by molar-refractivity contribution is -0.120. The van der Waals surface area contributed by atoms with Crippen molar-refractivity contribution < 1.29 is 9.53 Å². The van der Waals surface area contributed by atoms with E-state index in [2.05, 4.69) is 33.3 Å².